The molecular formula is C20H29F2IN4O3. The Kier molecular flexibility index (Phi) is 11.4. The number of ether oxygens (including phenoxy) is 2. The normalized spacial score (nSPS) is 11.4. The van der Waals surface area contributed by atoms with Gasteiger partial charge in [0.05, 0.1) is 18.8 Å². The Morgan fingerprint density at radius 1 is 1.20 bits per heavy atom. The minimum atomic E-state index is -2.92. The predicted octanol–water partition coefficient (Wildman–Crippen LogP) is 4.67. The van der Waals surface area contributed by atoms with Crippen LogP contribution in [0.15, 0.2) is 33.8 Å². The van der Waals surface area contributed by atoms with Gasteiger partial charge in [0.25, 0.3) is 0 Å². The van der Waals surface area contributed by atoms with Gasteiger partial charge < -0.3 is 24.6 Å². The van der Waals surface area contributed by atoms with E-state index in [1.54, 1.807) is 19.2 Å². The van der Waals surface area contributed by atoms with Crippen molar-refractivity contribution in [2.24, 2.45) is 4.99 Å². The standard InChI is InChI=1S/C20H28F2N4O3.HI/c1-5-8-27-15-7-6-14(18(10-15)28-19(21)22)11-24-20(23-4)25-12-16-9-17(13(2)3)26-29-16;/h6-7,9-10,13,19H,5,8,11-12H2,1-4H3,(H2,23,24,25);1H. The number of alkyl halides is 2. The summed E-state index contributed by atoms with van der Waals surface area (Å²) in [4.78, 5) is 4.13. The molecule has 1 aromatic heterocycles. The predicted molar refractivity (Wildman–Crippen MR) is 122 cm³/mol. The molecule has 0 radical (unpaired) electrons. The van der Waals surface area contributed by atoms with Gasteiger partial charge in [0.1, 0.15) is 11.5 Å². The van der Waals surface area contributed by atoms with Crippen LogP contribution in [0, 0.1) is 0 Å². The van der Waals surface area contributed by atoms with E-state index < -0.39 is 6.61 Å². The van der Waals surface area contributed by atoms with Crippen molar-refractivity contribution in [3.05, 3.63) is 41.3 Å². The summed E-state index contributed by atoms with van der Waals surface area (Å²) in [6.07, 6.45) is 0.820. The van der Waals surface area contributed by atoms with Gasteiger partial charge in [-0.25, -0.2) is 0 Å². The number of nitrogens with zero attached hydrogens (tertiary/aromatic N) is 2. The Morgan fingerprint density at radius 3 is 2.53 bits per heavy atom. The lowest BCUT2D eigenvalue weighted by Gasteiger charge is -2.15. The number of hydrogen-bond acceptors (Lipinski definition) is 5. The molecule has 2 aromatic rings. The van der Waals surface area contributed by atoms with Crippen LogP contribution < -0.4 is 20.1 Å². The molecule has 0 fully saturated rings. The fourth-order valence-corrected chi connectivity index (χ4v) is 2.45. The van der Waals surface area contributed by atoms with Gasteiger partial charge in [-0.1, -0.05) is 25.9 Å². The lowest BCUT2D eigenvalue weighted by Crippen LogP contribution is -2.36. The molecular weight excluding hydrogens is 509 g/mol. The molecule has 0 spiro atoms. The van der Waals surface area contributed by atoms with Crippen LogP contribution in [-0.4, -0.2) is 31.4 Å². The van der Waals surface area contributed by atoms with Crippen LogP contribution in [0.2, 0.25) is 0 Å². The highest BCUT2D eigenvalue weighted by Crippen LogP contribution is 2.26. The zero-order valence-corrected chi connectivity index (χ0v) is 19.9. The van der Waals surface area contributed by atoms with Crippen LogP contribution >= 0.6 is 24.0 Å². The molecule has 0 saturated carbocycles. The number of aromatic nitrogens is 1. The fourth-order valence-electron chi connectivity index (χ4n) is 2.45. The molecule has 1 heterocycles. The zero-order valence-electron chi connectivity index (χ0n) is 17.6. The first kappa shape index (κ1) is 25.9. The second kappa shape index (κ2) is 13.2. The third kappa shape index (κ3) is 8.33. The highest BCUT2D eigenvalue weighted by atomic mass is 127. The molecule has 0 unspecified atom stereocenters. The molecule has 0 amide bonds. The lowest BCUT2D eigenvalue weighted by atomic mass is 10.1. The Balaban J connectivity index is 0.00000450. The number of benzene rings is 1. The van der Waals surface area contributed by atoms with Crippen molar-refractivity contribution >= 4 is 29.9 Å². The molecule has 168 valence electrons. The average Bonchev–Trinajstić information content (AvgIpc) is 3.16. The summed E-state index contributed by atoms with van der Waals surface area (Å²) in [5.74, 6) is 1.99. The summed E-state index contributed by atoms with van der Waals surface area (Å²) in [5.41, 5.74) is 1.43. The highest BCUT2D eigenvalue weighted by molar-refractivity contribution is 14.0. The van der Waals surface area contributed by atoms with E-state index in [1.807, 2.05) is 26.8 Å². The van der Waals surface area contributed by atoms with E-state index in [-0.39, 0.29) is 42.2 Å². The molecule has 0 saturated heterocycles. The Hall–Kier alpha value is -2.11. The number of nitrogens with one attached hydrogen (secondary N) is 2. The minimum absolute atomic E-state index is 0. The first-order chi connectivity index (χ1) is 13.9. The third-order valence-corrected chi connectivity index (χ3v) is 4.00. The molecule has 0 aliphatic heterocycles. The van der Waals surface area contributed by atoms with Crippen LogP contribution in [0.4, 0.5) is 8.78 Å². The van der Waals surface area contributed by atoms with E-state index in [9.17, 15) is 8.78 Å². The van der Waals surface area contributed by atoms with E-state index in [2.05, 4.69) is 25.5 Å². The van der Waals surface area contributed by atoms with Crippen LogP contribution in [0.25, 0.3) is 0 Å². The molecule has 0 aliphatic rings. The van der Waals surface area contributed by atoms with Gasteiger partial charge in [-0.05, 0) is 24.5 Å². The van der Waals surface area contributed by atoms with Crippen molar-refractivity contribution in [1.82, 2.24) is 15.8 Å². The number of hydrogen-bond donors (Lipinski definition) is 2. The first-order valence-electron chi connectivity index (χ1n) is 9.53. The molecule has 30 heavy (non-hydrogen) atoms. The van der Waals surface area contributed by atoms with Gasteiger partial charge in [0.15, 0.2) is 11.7 Å². The maximum Gasteiger partial charge on any atom is 0.387 e. The van der Waals surface area contributed by atoms with E-state index in [0.29, 0.717) is 36.2 Å². The Bertz CT molecular complexity index is 800. The quantitative estimate of drug-likeness (QED) is 0.260. The Labute approximate surface area is 192 Å². The van der Waals surface area contributed by atoms with Crippen molar-refractivity contribution in [1.29, 1.82) is 0 Å². The van der Waals surface area contributed by atoms with E-state index >= 15 is 0 Å². The molecule has 1 aromatic carbocycles. The number of halogens is 3. The van der Waals surface area contributed by atoms with Crippen LogP contribution in [0.3, 0.4) is 0 Å². The van der Waals surface area contributed by atoms with Crippen molar-refractivity contribution in [2.75, 3.05) is 13.7 Å². The van der Waals surface area contributed by atoms with Crippen molar-refractivity contribution in [2.45, 2.75) is 52.8 Å². The topological polar surface area (TPSA) is 80.9 Å². The fraction of sp³-hybridized carbons (Fsp3) is 0.500. The second-order valence-electron chi connectivity index (χ2n) is 6.65. The Morgan fingerprint density at radius 2 is 1.93 bits per heavy atom. The molecule has 2 N–H and O–H groups in total. The molecule has 2 rings (SSSR count). The van der Waals surface area contributed by atoms with Gasteiger partial charge in [-0.2, -0.15) is 8.78 Å². The van der Waals surface area contributed by atoms with Gasteiger partial charge in [0.2, 0.25) is 0 Å². The number of aliphatic imine (C=N–C) groups is 1. The van der Waals surface area contributed by atoms with Gasteiger partial charge in [0, 0.05) is 31.3 Å². The first-order valence-corrected chi connectivity index (χ1v) is 9.53. The van der Waals surface area contributed by atoms with Crippen molar-refractivity contribution < 1.29 is 22.8 Å². The van der Waals surface area contributed by atoms with E-state index in [4.69, 9.17) is 9.26 Å². The maximum atomic E-state index is 12.8. The lowest BCUT2D eigenvalue weighted by molar-refractivity contribution is -0.0505. The molecule has 10 heteroatoms. The molecule has 0 aliphatic carbocycles. The largest absolute Gasteiger partial charge is 0.493 e. The summed E-state index contributed by atoms with van der Waals surface area (Å²) >= 11 is 0. The van der Waals surface area contributed by atoms with Crippen LogP contribution in [0.1, 0.15) is 50.1 Å². The number of guanidine groups is 1. The van der Waals surface area contributed by atoms with E-state index in [1.165, 1.54) is 6.07 Å². The molecule has 7 nitrogen and oxygen atoms in total. The summed E-state index contributed by atoms with van der Waals surface area (Å²) in [5, 5.41) is 10.2. The molecule has 0 atom stereocenters. The zero-order chi connectivity index (χ0) is 21.2. The van der Waals surface area contributed by atoms with Gasteiger partial charge in [-0.15, -0.1) is 24.0 Å². The monoisotopic (exact) mass is 538 g/mol. The minimum Gasteiger partial charge on any atom is -0.493 e. The van der Waals surface area contributed by atoms with Crippen LogP contribution in [-0.2, 0) is 13.1 Å². The van der Waals surface area contributed by atoms with Crippen molar-refractivity contribution in [3.8, 4) is 11.5 Å². The summed E-state index contributed by atoms with van der Waals surface area (Å²) in [6.45, 7) is 4.25. The maximum absolute atomic E-state index is 12.8. The van der Waals surface area contributed by atoms with Gasteiger partial charge in [-0.3, -0.25) is 4.99 Å². The third-order valence-electron chi connectivity index (χ3n) is 4.00. The second-order valence-corrected chi connectivity index (χ2v) is 6.65. The van der Waals surface area contributed by atoms with Gasteiger partial charge >= 0.3 is 6.61 Å². The smallest absolute Gasteiger partial charge is 0.387 e. The average molecular weight is 538 g/mol. The summed E-state index contributed by atoms with van der Waals surface area (Å²) in [6, 6.07) is 6.77. The highest BCUT2D eigenvalue weighted by Gasteiger charge is 2.13. The summed E-state index contributed by atoms with van der Waals surface area (Å²) in [7, 11) is 1.62. The van der Waals surface area contributed by atoms with Crippen molar-refractivity contribution in [3.63, 3.8) is 0 Å². The SMILES string of the molecule is CCCOc1ccc(CNC(=NC)NCc2cc(C(C)C)no2)c(OC(F)F)c1.I. The molecule has 0 bridgehead atoms. The van der Waals surface area contributed by atoms with Crippen LogP contribution in [0.5, 0.6) is 11.5 Å². The van der Waals surface area contributed by atoms with E-state index in [0.717, 1.165) is 12.1 Å². The number of rotatable bonds is 10. The summed E-state index contributed by atoms with van der Waals surface area (Å²) < 4.78 is 41.0.